The second-order valence-corrected chi connectivity index (χ2v) is 5.28. The van der Waals surface area contributed by atoms with E-state index in [9.17, 15) is 4.39 Å². The van der Waals surface area contributed by atoms with Crippen LogP contribution in [0.25, 0.3) is 11.3 Å². The average Bonchev–Trinajstić information content (AvgIpc) is 2.95. The van der Waals surface area contributed by atoms with Gasteiger partial charge in [0.05, 0.1) is 11.9 Å². The number of halogens is 1. The molecule has 1 unspecified atom stereocenters. The van der Waals surface area contributed by atoms with Crippen molar-refractivity contribution in [3.05, 3.63) is 36.3 Å². The van der Waals surface area contributed by atoms with Gasteiger partial charge in [0.2, 0.25) is 0 Å². The van der Waals surface area contributed by atoms with Crippen LogP contribution in [0.4, 0.5) is 4.39 Å². The van der Waals surface area contributed by atoms with Gasteiger partial charge in [-0.15, -0.1) is 5.10 Å². The molecule has 1 fully saturated rings. The van der Waals surface area contributed by atoms with E-state index in [-0.39, 0.29) is 5.82 Å². The van der Waals surface area contributed by atoms with Gasteiger partial charge in [-0.25, -0.2) is 9.07 Å². The number of rotatable bonds is 4. The third-order valence-electron chi connectivity index (χ3n) is 3.86. The molecule has 4 nitrogen and oxygen atoms in total. The number of hydrogen-bond acceptors (Lipinski definition) is 3. The number of piperidine rings is 1. The SMILES string of the molecule is Fc1ccc(-c2cnnn2CCC2CCCCN2)cc1. The fourth-order valence-electron chi connectivity index (χ4n) is 2.72. The standard InChI is InChI=1S/C15H19FN4/c16-13-6-4-12(5-7-13)15-11-18-19-20(15)10-8-14-3-1-2-9-17-14/h4-7,11,14,17H,1-3,8-10H2. The fraction of sp³-hybridized carbons (Fsp3) is 0.467. The predicted octanol–water partition coefficient (Wildman–Crippen LogP) is 2.62. The maximum atomic E-state index is 13.0. The fourth-order valence-corrected chi connectivity index (χ4v) is 2.72. The molecule has 1 saturated heterocycles. The van der Waals surface area contributed by atoms with Crippen molar-refractivity contribution in [3.63, 3.8) is 0 Å². The molecule has 0 amide bonds. The van der Waals surface area contributed by atoms with Gasteiger partial charge in [-0.05, 0) is 50.1 Å². The van der Waals surface area contributed by atoms with Crippen LogP contribution in [0.15, 0.2) is 30.5 Å². The molecule has 1 aliphatic rings. The van der Waals surface area contributed by atoms with Gasteiger partial charge >= 0.3 is 0 Å². The Morgan fingerprint density at radius 1 is 1.25 bits per heavy atom. The van der Waals surface area contributed by atoms with E-state index in [1.807, 2.05) is 4.68 Å². The summed E-state index contributed by atoms with van der Waals surface area (Å²) in [7, 11) is 0. The van der Waals surface area contributed by atoms with Crippen molar-refractivity contribution in [2.75, 3.05) is 6.54 Å². The van der Waals surface area contributed by atoms with Crippen LogP contribution in [0.2, 0.25) is 0 Å². The number of nitrogens with zero attached hydrogens (tertiary/aromatic N) is 3. The zero-order chi connectivity index (χ0) is 13.8. The number of nitrogens with one attached hydrogen (secondary N) is 1. The van der Waals surface area contributed by atoms with Crippen LogP contribution in [0, 0.1) is 5.82 Å². The number of benzene rings is 1. The molecule has 2 heterocycles. The van der Waals surface area contributed by atoms with Crippen LogP contribution in [-0.2, 0) is 6.54 Å². The molecule has 20 heavy (non-hydrogen) atoms. The van der Waals surface area contributed by atoms with Gasteiger partial charge in [0.15, 0.2) is 0 Å². The molecule has 3 rings (SSSR count). The van der Waals surface area contributed by atoms with Gasteiger partial charge in [-0.3, -0.25) is 0 Å². The van der Waals surface area contributed by atoms with Crippen LogP contribution in [0.3, 0.4) is 0 Å². The van der Waals surface area contributed by atoms with Crippen molar-refractivity contribution < 1.29 is 4.39 Å². The normalized spacial score (nSPS) is 19.1. The Labute approximate surface area is 118 Å². The first-order chi connectivity index (χ1) is 9.83. The highest BCUT2D eigenvalue weighted by molar-refractivity contribution is 5.57. The summed E-state index contributed by atoms with van der Waals surface area (Å²) in [6.07, 6.45) is 6.61. The summed E-state index contributed by atoms with van der Waals surface area (Å²) in [6.45, 7) is 1.96. The molecule has 5 heteroatoms. The van der Waals surface area contributed by atoms with Crippen molar-refractivity contribution in [2.24, 2.45) is 0 Å². The highest BCUT2D eigenvalue weighted by Gasteiger charge is 2.14. The summed E-state index contributed by atoms with van der Waals surface area (Å²) in [4.78, 5) is 0. The third kappa shape index (κ3) is 3.04. The monoisotopic (exact) mass is 274 g/mol. The van der Waals surface area contributed by atoms with Crippen molar-refractivity contribution in [1.29, 1.82) is 0 Å². The Morgan fingerprint density at radius 3 is 2.85 bits per heavy atom. The lowest BCUT2D eigenvalue weighted by Crippen LogP contribution is -2.34. The molecule has 0 bridgehead atoms. The van der Waals surface area contributed by atoms with E-state index >= 15 is 0 Å². The summed E-state index contributed by atoms with van der Waals surface area (Å²) in [5, 5.41) is 11.7. The minimum Gasteiger partial charge on any atom is -0.314 e. The number of aryl methyl sites for hydroxylation is 1. The topological polar surface area (TPSA) is 42.7 Å². The summed E-state index contributed by atoms with van der Waals surface area (Å²) in [5.74, 6) is -0.223. The van der Waals surface area contributed by atoms with Gasteiger partial charge in [0.25, 0.3) is 0 Å². The molecule has 1 atom stereocenters. The van der Waals surface area contributed by atoms with E-state index in [4.69, 9.17) is 0 Å². The Morgan fingerprint density at radius 2 is 2.10 bits per heavy atom. The maximum Gasteiger partial charge on any atom is 0.123 e. The summed E-state index contributed by atoms with van der Waals surface area (Å²) in [5.41, 5.74) is 1.90. The van der Waals surface area contributed by atoms with Gasteiger partial charge in [0.1, 0.15) is 5.82 Å². The van der Waals surface area contributed by atoms with E-state index in [1.165, 1.54) is 31.4 Å². The first-order valence-corrected chi connectivity index (χ1v) is 7.21. The molecule has 0 aliphatic carbocycles. The minimum absolute atomic E-state index is 0.223. The molecule has 1 N–H and O–H groups in total. The molecule has 0 radical (unpaired) electrons. The highest BCUT2D eigenvalue weighted by atomic mass is 19.1. The van der Waals surface area contributed by atoms with Crippen LogP contribution in [0.1, 0.15) is 25.7 Å². The Hall–Kier alpha value is -1.75. The highest BCUT2D eigenvalue weighted by Crippen LogP contribution is 2.19. The molecular formula is C15H19FN4. The maximum absolute atomic E-state index is 13.0. The Bertz CT molecular complexity index is 543. The van der Waals surface area contributed by atoms with Crippen LogP contribution < -0.4 is 5.32 Å². The van der Waals surface area contributed by atoms with Gasteiger partial charge in [0, 0.05) is 18.2 Å². The Balaban J connectivity index is 1.68. The van der Waals surface area contributed by atoms with Crippen molar-refractivity contribution in [3.8, 4) is 11.3 Å². The number of aromatic nitrogens is 3. The molecule has 2 aromatic rings. The van der Waals surface area contributed by atoms with E-state index in [0.29, 0.717) is 6.04 Å². The zero-order valence-corrected chi connectivity index (χ0v) is 11.4. The molecule has 0 spiro atoms. The molecule has 1 aliphatic heterocycles. The predicted molar refractivity (Wildman–Crippen MR) is 75.7 cm³/mol. The number of hydrogen-bond donors (Lipinski definition) is 1. The van der Waals surface area contributed by atoms with E-state index in [0.717, 1.165) is 30.8 Å². The lowest BCUT2D eigenvalue weighted by Gasteiger charge is -2.23. The van der Waals surface area contributed by atoms with Crippen molar-refractivity contribution in [2.45, 2.75) is 38.3 Å². The summed E-state index contributed by atoms with van der Waals surface area (Å²) < 4.78 is 14.9. The zero-order valence-electron chi connectivity index (χ0n) is 11.4. The first kappa shape index (κ1) is 13.2. The molecule has 0 saturated carbocycles. The third-order valence-corrected chi connectivity index (χ3v) is 3.86. The van der Waals surface area contributed by atoms with Crippen molar-refractivity contribution in [1.82, 2.24) is 20.3 Å². The lowest BCUT2D eigenvalue weighted by atomic mass is 10.0. The molecular weight excluding hydrogens is 255 g/mol. The molecule has 1 aromatic carbocycles. The van der Waals surface area contributed by atoms with E-state index < -0.39 is 0 Å². The second-order valence-electron chi connectivity index (χ2n) is 5.28. The molecule has 1 aromatic heterocycles. The van der Waals surface area contributed by atoms with Crippen molar-refractivity contribution >= 4 is 0 Å². The first-order valence-electron chi connectivity index (χ1n) is 7.21. The Kier molecular flexibility index (Phi) is 4.06. The van der Waals surface area contributed by atoms with Gasteiger partial charge < -0.3 is 5.32 Å². The molecule has 106 valence electrons. The smallest absolute Gasteiger partial charge is 0.123 e. The quantitative estimate of drug-likeness (QED) is 0.932. The van der Waals surface area contributed by atoms with Gasteiger partial charge in [-0.1, -0.05) is 11.6 Å². The van der Waals surface area contributed by atoms with E-state index in [1.54, 1.807) is 18.3 Å². The second kappa shape index (κ2) is 6.13. The summed E-state index contributed by atoms with van der Waals surface area (Å²) >= 11 is 0. The van der Waals surface area contributed by atoms with Crippen LogP contribution >= 0.6 is 0 Å². The minimum atomic E-state index is -0.223. The largest absolute Gasteiger partial charge is 0.314 e. The summed E-state index contributed by atoms with van der Waals surface area (Å²) in [6, 6.07) is 7.05. The van der Waals surface area contributed by atoms with Crippen LogP contribution in [-0.4, -0.2) is 27.6 Å². The van der Waals surface area contributed by atoms with Gasteiger partial charge in [-0.2, -0.15) is 0 Å². The lowest BCUT2D eigenvalue weighted by molar-refractivity contribution is 0.359. The van der Waals surface area contributed by atoms with E-state index in [2.05, 4.69) is 15.6 Å². The van der Waals surface area contributed by atoms with Crippen LogP contribution in [0.5, 0.6) is 0 Å². The average molecular weight is 274 g/mol.